The Morgan fingerprint density at radius 2 is 2.00 bits per heavy atom. The van der Waals surface area contributed by atoms with Gasteiger partial charge in [-0.3, -0.25) is 4.79 Å². The Balaban J connectivity index is 1.56. The van der Waals surface area contributed by atoms with Crippen LogP contribution in [0, 0.1) is 9.49 Å². The maximum Gasteiger partial charge on any atom is 0.223 e. The number of carbonyl (C=O) groups excluding carboxylic acids is 1. The first-order chi connectivity index (χ1) is 10.1. The molecule has 1 amide bonds. The Morgan fingerprint density at radius 3 is 2.71 bits per heavy atom. The van der Waals surface area contributed by atoms with Crippen molar-refractivity contribution in [2.45, 2.75) is 50.6 Å². The van der Waals surface area contributed by atoms with Crippen molar-refractivity contribution in [1.82, 2.24) is 10.3 Å². The van der Waals surface area contributed by atoms with Gasteiger partial charge < -0.3 is 10.6 Å². The monoisotopic (exact) mass is 419 g/mol. The van der Waals surface area contributed by atoms with E-state index in [0.717, 1.165) is 47.9 Å². The van der Waals surface area contributed by atoms with Gasteiger partial charge in [-0.2, -0.15) is 0 Å². The van der Waals surface area contributed by atoms with E-state index < -0.39 is 0 Å². The molecule has 0 aliphatic heterocycles. The van der Waals surface area contributed by atoms with Crippen LogP contribution >= 0.6 is 34.2 Å². The number of nitrogens with zero attached hydrogens (tertiary/aromatic N) is 1. The van der Waals surface area contributed by atoms with Crippen molar-refractivity contribution in [1.29, 1.82) is 0 Å². The summed E-state index contributed by atoms with van der Waals surface area (Å²) >= 11 is 8.23. The third kappa shape index (κ3) is 4.45. The Hall–Kier alpha value is -0.560. The van der Waals surface area contributed by atoms with Gasteiger partial charge in [-0.05, 0) is 73.2 Å². The van der Waals surface area contributed by atoms with E-state index in [4.69, 9.17) is 11.6 Å². The highest BCUT2D eigenvalue weighted by molar-refractivity contribution is 14.1. The average Bonchev–Trinajstić information content (AvgIpc) is 3.21. The highest BCUT2D eigenvalue weighted by Gasteiger charge is 2.32. The van der Waals surface area contributed by atoms with Gasteiger partial charge >= 0.3 is 0 Å². The molecule has 2 fully saturated rings. The largest absolute Gasteiger partial charge is 0.367 e. The molecule has 2 unspecified atom stereocenters. The molecule has 4 nitrogen and oxygen atoms in total. The summed E-state index contributed by atoms with van der Waals surface area (Å²) in [5.74, 6) is 1.36. The molecule has 1 aromatic heterocycles. The fourth-order valence-electron chi connectivity index (χ4n) is 2.87. The van der Waals surface area contributed by atoms with E-state index in [9.17, 15) is 4.79 Å². The molecule has 21 heavy (non-hydrogen) atoms. The molecule has 2 aliphatic carbocycles. The molecule has 2 N–H and O–H groups in total. The predicted octanol–water partition coefficient (Wildman–Crippen LogP) is 3.59. The summed E-state index contributed by atoms with van der Waals surface area (Å²) < 4.78 is 1.07. The SMILES string of the molecule is O=C(NC1CCCC(Nc2cc(I)cc(Cl)n2)C1)C1CC1. The highest BCUT2D eigenvalue weighted by atomic mass is 127. The fraction of sp³-hybridized carbons (Fsp3) is 0.600. The van der Waals surface area contributed by atoms with E-state index in [1.54, 1.807) is 0 Å². The molecule has 2 saturated carbocycles. The molecule has 2 atom stereocenters. The van der Waals surface area contributed by atoms with Crippen molar-refractivity contribution in [3.8, 4) is 0 Å². The lowest BCUT2D eigenvalue weighted by atomic mass is 9.91. The van der Waals surface area contributed by atoms with Gasteiger partial charge in [-0.25, -0.2) is 4.98 Å². The summed E-state index contributed by atoms with van der Waals surface area (Å²) in [7, 11) is 0. The molecule has 114 valence electrons. The van der Waals surface area contributed by atoms with Crippen LogP contribution in [0.15, 0.2) is 12.1 Å². The summed E-state index contributed by atoms with van der Waals surface area (Å²) in [5.41, 5.74) is 0. The smallest absolute Gasteiger partial charge is 0.223 e. The van der Waals surface area contributed by atoms with Gasteiger partial charge in [0.05, 0.1) is 0 Å². The fourth-order valence-corrected chi connectivity index (χ4v) is 3.85. The summed E-state index contributed by atoms with van der Waals surface area (Å²) in [4.78, 5) is 16.2. The van der Waals surface area contributed by atoms with Crippen LogP contribution < -0.4 is 10.6 Å². The molecular formula is C15H19ClIN3O. The molecule has 3 rings (SSSR count). The van der Waals surface area contributed by atoms with Crippen molar-refractivity contribution >= 4 is 45.9 Å². The molecule has 0 radical (unpaired) electrons. The molecule has 1 aromatic rings. The van der Waals surface area contributed by atoms with Gasteiger partial charge in [0.25, 0.3) is 0 Å². The second-order valence-electron chi connectivity index (χ2n) is 5.98. The molecule has 0 bridgehead atoms. The lowest BCUT2D eigenvalue weighted by Gasteiger charge is -2.30. The maximum atomic E-state index is 11.9. The van der Waals surface area contributed by atoms with Crippen molar-refractivity contribution in [3.63, 3.8) is 0 Å². The molecule has 0 spiro atoms. The normalized spacial score (nSPS) is 25.4. The standard InChI is InChI=1S/C15H19ClIN3O/c16-13-6-10(17)7-14(20-13)18-11-2-1-3-12(8-11)19-15(21)9-4-5-9/h6-7,9,11-12H,1-5,8H2,(H,18,20)(H,19,21). The number of halogens is 2. The van der Waals surface area contributed by atoms with E-state index in [0.29, 0.717) is 17.2 Å². The zero-order chi connectivity index (χ0) is 14.8. The minimum absolute atomic E-state index is 0.246. The van der Waals surface area contributed by atoms with Crippen LogP contribution in [0.1, 0.15) is 38.5 Å². The summed E-state index contributed by atoms with van der Waals surface area (Å²) in [6.07, 6.45) is 6.40. The number of nitrogens with one attached hydrogen (secondary N) is 2. The number of hydrogen-bond donors (Lipinski definition) is 2. The van der Waals surface area contributed by atoms with Crippen LogP contribution in [0.4, 0.5) is 5.82 Å². The summed E-state index contributed by atoms with van der Waals surface area (Å²) in [5, 5.41) is 7.16. The molecule has 0 aromatic carbocycles. The molecule has 0 saturated heterocycles. The Labute approximate surface area is 143 Å². The minimum Gasteiger partial charge on any atom is -0.367 e. The van der Waals surface area contributed by atoms with Gasteiger partial charge in [0.2, 0.25) is 5.91 Å². The zero-order valence-corrected chi connectivity index (χ0v) is 14.7. The number of pyridine rings is 1. The summed E-state index contributed by atoms with van der Waals surface area (Å²) in [6.45, 7) is 0. The number of anilines is 1. The van der Waals surface area contributed by atoms with Gasteiger partial charge in [0.15, 0.2) is 0 Å². The van der Waals surface area contributed by atoms with Crippen molar-refractivity contribution in [2.75, 3.05) is 5.32 Å². The van der Waals surface area contributed by atoms with Gasteiger partial charge in [0.1, 0.15) is 11.0 Å². The second kappa shape index (κ2) is 6.69. The summed E-state index contributed by atoms with van der Waals surface area (Å²) in [6, 6.07) is 4.48. The third-order valence-corrected chi connectivity index (χ3v) is 4.90. The van der Waals surface area contributed by atoms with Crippen LogP contribution in [0.2, 0.25) is 5.15 Å². The van der Waals surface area contributed by atoms with Crippen molar-refractivity contribution < 1.29 is 4.79 Å². The van der Waals surface area contributed by atoms with Crippen molar-refractivity contribution in [3.05, 3.63) is 20.9 Å². The number of rotatable bonds is 4. The third-order valence-electron chi connectivity index (χ3n) is 4.08. The highest BCUT2D eigenvalue weighted by Crippen LogP contribution is 2.30. The molecule has 2 aliphatic rings. The average molecular weight is 420 g/mol. The Kier molecular flexibility index (Phi) is 4.88. The number of amides is 1. The molecule has 6 heteroatoms. The first-order valence-corrected chi connectivity index (χ1v) is 8.96. The zero-order valence-electron chi connectivity index (χ0n) is 11.7. The molecular weight excluding hydrogens is 401 g/mol. The van der Waals surface area contributed by atoms with E-state index in [-0.39, 0.29) is 11.8 Å². The number of carbonyl (C=O) groups is 1. The first-order valence-electron chi connectivity index (χ1n) is 7.50. The van der Waals surface area contributed by atoms with E-state index in [1.807, 2.05) is 12.1 Å². The Morgan fingerprint density at radius 1 is 1.24 bits per heavy atom. The predicted molar refractivity (Wildman–Crippen MR) is 92.5 cm³/mol. The lowest BCUT2D eigenvalue weighted by Crippen LogP contribution is -2.42. The van der Waals surface area contributed by atoms with Crippen LogP contribution in [-0.2, 0) is 4.79 Å². The van der Waals surface area contributed by atoms with Crippen LogP contribution in [0.5, 0.6) is 0 Å². The lowest BCUT2D eigenvalue weighted by molar-refractivity contribution is -0.123. The Bertz CT molecular complexity index is 515. The van der Waals surface area contributed by atoms with Crippen molar-refractivity contribution in [2.24, 2.45) is 5.92 Å². The van der Waals surface area contributed by atoms with Gasteiger partial charge in [-0.1, -0.05) is 11.6 Å². The minimum atomic E-state index is 0.246. The van der Waals surface area contributed by atoms with E-state index >= 15 is 0 Å². The second-order valence-corrected chi connectivity index (χ2v) is 7.61. The van der Waals surface area contributed by atoms with Crippen LogP contribution in [0.3, 0.4) is 0 Å². The number of hydrogen-bond acceptors (Lipinski definition) is 3. The quantitative estimate of drug-likeness (QED) is 0.579. The maximum absolute atomic E-state index is 11.9. The van der Waals surface area contributed by atoms with Crippen LogP contribution in [0.25, 0.3) is 0 Å². The van der Waals surface area contributed by atoms with Gasteiger partial charge in [0, 0.05) is 21.6 Å². The van der Waals surface area contributed by atoms with E-state index in [2.05, 4.69) is 38.2 Å². The van der Waals surface area contributed by atoms with Crippen LogP contribution in [-0.4, -0.2) is 23.0 Å². The van der Waals surface area contributed by atoms with Gasteiger partial charge in [-0.15, -0.1) is 0 Å². The number of aromatic nitrogens is 1. The first kappa shape index (κ1) is 15.3. The molecule has 1 heterocycles. The topological polar surface area (TPSA) is 54.0 Å². The van der Waals surface area contributed by atoms with E-state index in [1.165, 1.54) is 0 Å².